The van der Waals surface area contributed by atoms with Crippen LogP contribution in [-0.4, -0.2) is 27.3 Å². The SMILES string of the molecule is Cc1ccccc1N(C)S(=O)(=O)C(C)CN. The number of nitrogens with two attached hydrogens (primary N) is 1. The summed E-state index contributed by atoms with van der Waals surface area (Å²) in [7, 11) is -1.80. The monoisotopic (exact) mass is 242 g/mol. The van der Waals surface area contributed by atoms with Crippen LogP contribution < -0.4 is 10.0 Å². The first-order valence-corrected chi connectivity index (χ1v) is 6.65. The molecule has 1 aromatic carbocycles. The molecule has 0 fully saturated rings. The van der Waals surface area contributed by atoms with Gasteiger partial charge in [-0.05, 0) is 25.5 Å². The summed E-state index contributed by atoms with van der Waals surface area (Å²) in [5, 5.41) is -0.572. The first kappa shape index (κ1) is 13.0. The Morgan fingerprint density at radius 3 is 2.44 bits per heavy atom. The summed E-state index contributed by atoms with van der Waals surface area (Å²) in [4.78, 5) is 0. The molecule has 0 aliphatic heterocycles. The van der Waals surface area contributed by atoms with Crippen molar-refractivity contribution >= 4 is 15.7 Å². The lowest BCUT2D eigenvalue weighted by molar-refractivity contribution is 0.582. The van der Waals surface area contributed by atoms with E-state index in [1.54, 1.807) is 20.0 Å². The molecule has 0 amide bonds. The maximum Gasteiger partial charge on any atom is 0.238 e. The van der Waals surface area contributed by atoms with E-state index in [0.29, 0.717) is 5.69 Å². The van der Waals surface area contributed by atoms with E-state index in [9.17, 15) is 8.42 Å². The van der Waals surface area contributed by atoms with Gasteiger partial charge < -0.3 is 5.73 Å². The molecule has 5 heteroatoms. The van der Waals surface area contributed by atoms with Crippen LogP contribution in [0.5, 0.6) is 0 Å². The van der Waals surface area contributed by atoms with Crippen LogP contribution >= 0.6 is 0 Å². The Morgan fingerprint density at radius 2 is 1.94 bits per heavy atom. The van der Waals surface area contributed by atoms with Crippen LogP contribution in [-0.2, 0) is 10.0 Å². The number of hydrogen-bond acceptors (Lipinski definition) is 3. The van der Waals surface area contributed by atoms with Crippen LogP contribution in [0.2, 0.25) is 0 Å². The van der Waals surface area contributed by atoms with Gasteiger partial charge in [-0.2, -0.15) is 0 Å². The average Bonchev–Trinajstić information content (AvgIpc) is 2.27. The highest BCUT2D eigenvalue weighted by Gasteiger charge is 2.25. The lowest BCUT2D eigenvalue weighted by atomic mass is 10.2. The Morgan fingerprint density at radius 1 is 1.38 bits per heavy atom. The van der Waals surface area contributed by atoms with Crippen molar-refractivity contribution in [2.45, 2.75) is 19.1 Å². The number of rotatable bonds is 4. The Kier molecular flexibility index (Phi) is 3.93. The molecule has 1 aromatic rings. The molecule has 0 radical (unpaired) electrons. The fourth-order valence-electron chi connectivity index (χ4n) is 1.45. The molecule has 0 saturated carbocycles. The molecule has 0 saturated heterocycles. The minimum Gasteiger partial charge on any atom is -0.329 e. The van der Waals surface area contributed by atoms with Crippen molar-refractivity contribution in [3.8, 4) is 0 Å². The van der Waals surface area contributed by atoms with E-state index in [1.807, 2.05) is 25.1 Å². The quantitative estimate of drug-likeness (QED) is 0.860. The Hall–Kier alpha value is -1.07. The van der Waals surface area contributed by atoms with E-state index in [0.717, 1.165) is 5.56 Å². The Balaban J connectivity index is 3.13. The summed E-state index contributed by atoms with van der Waals surface area (Å²) in [6.07, 6.45) is 0. The summed E-state index contributed by atoms with van der Waals surface area (Å²) in [5.41, 5.74) is 7.03. The van der Waals surface area contributed by atoms with Gasteiger partial charge in [-0.3, -0.25) is 4.31 Å². The normalized spacial score (nSPS) is 13.5. The molecule has 1 rings (SSSR count). The van der Waals surface area contributed by atoms with Crippen molar-refractivity contribution in [1.29, 1.82) is 0 Å². The number of nitrogens with zero attached hydrogens (tertiary/aromatic N) is 1. The van der Waals surface area contributed by atoms with E-state index in [2.05, 4.69) is 0 Å². The summed E-state index contributed by atoms with van der Waals surface area (Å²) in [6, 6.07) is 7.37. The van der Waals surface area contributed by atoms with Crippen LogP contribution in [0.15, 0.2) is 24.3 Å². The van der Waals surface area contributed by atoms with Gasteiger partial charge >= 0.3 is 0 Å². The second kappa shape index (κ2) is 4.84. The van der Waals surface area contributed by atoms with E-state index >= 15 is 0 Å². The summed E-state index contributed by atoms with van der Waals surface area (Å²) < 4.78 is 25.4. The number of anilines is 1. The lowest BCUT2D eigenvalue weighted by Gasteiger charge is -2.24. The molecular formula is C11H18N2O2S. The highest BCUT2D eigenvalue weighted by atomic mass is 32.2. The first-order chi connectivity index (χ1) is 7.41. The zero-order valence-electron chi connectivity index (χ0n) is 9.84. The topological polar surface area (TPSA) is 63.4 Å². The van der Waals surface area contributed by atoms with E-state index in [1.165, 1.54) is 4.31 Å². The van der Waals surface area contributed by atoms with Crippen molar-refractivity contribution < 1.29 is 8.42 Å². The van der Waals surface area contributed by atoms with Crippen molar-refractivity contribution in [3.63, 3.8) is 0 Å². The largest absolute Gasteiger partial charge is 0.329 e. The summed E-state index contributed by atoms with van der Waals surface area (Å²) in [6.45, 7) is 3.62. The Bertz CT molecular complexity index is 457. The van der Waals surface area contributed by atoms with Crippen molar-refractivity contribution in [1.82, 2.24) is 0 Å². The molecule has 0 heterocycles. The van der Waals surface area contributed by atoms with Crippen molar-refractivity contribution in [2.24, 2.45) is 5.73 Å². The third-order valence-corrected chi connectivity index (χ3v) is 4.85. The lowest BCUT2D eigenvalue weighted by Crippen LogP contribution is -2.38. The molecule has 0 aliphatic rings. The predicted molar refractivity (Wildman–Crippen MR) is 67.0 cm³/mol. The highest BCUT2D eigenvalue weighted by molar-refractivity contribution is 7.93. The molecule has 16 heavy (non-hydrogen) atoms. The zero-order valence-corrected chi connectivity index (χ0v) is 10.7. The van der Waals surface area contributed by atoms with Crippen LogP contribution in [0.1, 0.15) is 12.5 Å². The third-order valence-electron chi connectivity index (χ3n) is 2.68. The fourth-order valence-corrected chi connectivity index (χ4v) is 2.71. The molecule has 1 atom stereocenters. The second-order valence-electron chi connectivity index (χ2n) is 3.85. The Labute approximate surface area is 97.1 Å². The minimum absolute atomic E-state index is 0.124. The molecule has 4 nitrogen and oxygen atoms in total. The fraction of sp³-hybridized carbons (Fsp3) is 0.455. The number of para-hydroxylation sites is 1. The van der Waals surface area contributed by atoms with E-state index < -0.39 is 15.3 Å². The van der Waals surface area contributed by atoms with Gasteiger partial charge in [-0.1, -0.05) is 18.2 Å². The standard InChI is InChI=1S/C11H18N2O2S/c1-9-6-4-5-7-11(9)13(3)16(14,15)10(2)8-12/h4-7,10H,8,12H2,1-3H3. The van der Waals surface area contributed by atoms with Crippen LogP contribution in [0, 0.1) is 6.92 Å². The average molecular weight is 242 g/mol. The first-order valence-electron chi connectivity index (χ1n) is 5.14. The predicted octanol–water partition coefficient (Wildman–Crippen LogP) is 1.11. The van der Waals surface area contributed by atoms with Gasteiger partial charge in [0, 0.05) is 13.6 Å². The maximum absolute atomic E-state index is 12.1. The molecule has 2 N–H and O–H groups in total. The third kappa shape index (κ3) is 2.36. The van der Waals surface area contributed by atoms with Gasteiger partial charge in [0.2, 0.25) is 10.0 Å². The molecule has 0 aliphatic carbocycles. The molecule has 0 bridgehead atoms. The molecule has 0 aromatic heterocycles. The van der Waals surface area contributed by atoms with Gasteiger partial charge in [0.1, 0.15) is 0 Å². The minimum atomic E-state index is -3.36. The highest BCUT2D eigenvalue weighted by Crippen LogP contribution is 2.22. The summed E-state index contributed by atoms with van der Waals surface area (Å²) in [5.74, 6) is 0. The van der Waals surface area contributed by atoms with Gasteiger partial charge in [0.15, 0.2) is 0 Å². The van der Waals surface area contributed by atoms with Crippen LogP contribution in [0.25, 0.3) is 0 Å². The number of benzene rings is 1. The van der Waals surface area contributed by atoms with Crippen LogP contribution in [0.3, 0.4) is 0 Å². The molecule has 1 unspecified atom stereocenters. The number of sulfonamides is 1. The molecule has 90 valence electrons. The van der Waals surface area contributed by atoms with Gasteiger partial charge in [-0.25, -0.2) is 8.42 Å². The summed E-state index contributed by atoms with van der Waals surface area (Å²) >= 11 is 0. The smallest absolute Gasteiger partial charge is 0.238 e. The van der Waals surface area contributed by atoms with Gasteiger partial charge in [0.25, 0.3) is 0 Å². The van der Waals surface area contributed by atoms with Crippen molar-refractivity contribution in [3.05, 3.63) is 29.8 Å². The van der Waals surface area contributed by atoms with Crippen molar-refractivity contribution in [2.75, 3.05) is 17.9 Å². The maximum atomic E-state index is 12.1. The molecule has 0 spiro atoms. The molecular weight excluding hydrogens is 224 g/mol. The second-order valence-corrected chi connectivity index (χ2v) is 6.23. The van der Waals surface area contributed by atoms with E-state index in [4.69, 9.17) is 5.73 Å². The van der Waals surface area contributed by atoms with Gasteiger partial charge in [0.05, 0.1) is 10.9 Å². The van der Waals surface area contributed by atoms with E-state index in [-0.39, 0.29) is 6.54 Å². The number of hydrogen-bond donors (Lipinski definition) is 1. The zero-order chi connectivity index (χ0) is 12.3. The van der Waals surface area contributed by atoms with Crippen LogP contribution in [0.4, 0.5) is 5.69 Å². The number of aryl methyl sites for hydroxylation is 1. The van der Waals surface area contributed by atoms with Gasteiger partial charge in [-0.15, -0.1) is 0 Å².